The van der Waals surface area contributed by atoms with Gasteiger partial charge < -0.3 is 10.1 Å². The first-order valence-electron chi connectivity index (χ1n) is 4.96. The number of methoxy groups -OCH3 is 1. The molecule has 0 atom stereocenters. The van der Waals surface area contributed by atoms with Crippen molar-refractivity contribution in [1.82, 2.24) is 5.32 Å². The highest BCUT2D eigenvalue weighted by Crippen LogP contribution is 2.01. The van der Waals surface area contributed by atoms with Crippen LogP contribution >= 0.6 is 0 Å². The molecule has 0 radical (unpaired) electrons. The van der Waals surface area contributed by atoms with Crippen molar-refractivity contribution in [2.24, 2.45) is 0 Å². The summed E-state index contributed by atoms with van der Waals surface area (Å²) in [4.78, 5) is 23.1. The van der Waals surface area contributed by atoms with Crippen LogP contribution in [0.3, 0.4) is 0 Å². The molecular formula is C13H13NO3. The third-order valence-electron chi connectivity index (χ3n) is 1.97. The van der Waals surface area contributed by atoms with Gasteiger partial charge in [-0.15, -0.1) is 0 Å². The highest BCUT2D eigenvalue weighted by Gasteiger charge is 2.13. The van der Waals surface area contributed by atoms with Crippen LogP contribution in [-0.4, -0.2) is 19.0 Å². The van der Waals surface area contributed by atoms with Gasteiger partial charge in [-0.3, -0.25) is 4.79 Å². The maximum Gasteiger partial charge on any atom is 0.354 e. The van der Waals surface area contributed by atoms with E-state index in [-0.39, 0.29) is 11.6 Å². The number of amides is 1. The Hall–Kier alpha value is -2.36. The Kier molecular flexibility index (Phi) is 4.69. The molecule has 88 valence electrons. The molecule has 0 aliphatic rings. The van der Waals surface area contributed by atoms with Crippen LogP contribution in [0.1, 0.15) is 10.4 Å². The summed E-state index contributed by atoms with van der Waals surface area (Å²) >= 11 is 0. The number of esters is 1. The summed E-state index contributed by atoms with van der Waals surface area (Å²) in [5.74, 6) is -0.988. The van der Waals surface area contributed by atoms with Gasteiger partial charge in [-0.25, -0.2) is 4.79 Å². The van der Waals surface area contributed by atoms with Crippen LogP contribution in [-0.2, 0) is 9.53 Å². The summed E-state index contributed by atoms with van der Waals surface area (Å²) < 4.78 is 4.53. The van der Waals surface area contributed by atoms with Gasteiger partial charge in [0.25, 0.3) is 5.91 Å². The molecule has 0 unspecified atom stereocenters. The van der Waals surface area contributed by atoms with E-state index in [1.165, 1.54) is 19.3 Å². The third kappa shape index (κ3) is 3.61. The number of allylic oxidation sites excluding steroid dienone is 2. The van der Waals surface area contributed by atoms with Gasteiger partial charge in [0.2, 0.25) is 0 Å². The lowest BCUT2D eigenvalue weighted by Gasteiger charge is -2.07. The van der Waals surface area contributed by atoms with Gasteiger partial charge in [0, 0.05) is 5.56 Å². The lowest BCUT2D eigenvalue weighted by molar-refractivity contribution is -0.136. The molecule has 0 heterocycles. The molecule has 0 aliphatic carbocycles. The zero-order valence-electron chi connectivity index (χ0n) is 9.47. The standard InChI is InChI=1S/C13H13NO3/c1-3-7-11(13(16)17-2)14-12(15)10-8-5-4-6-9-10/h3-9H,1H2,2H3,(H,14,15). The average Bonchev–Trinajstić information content (AvgIpc) is 2.38. The molecule has 0 fully saturated rings. The molecule has 0 saturated heterocycles. The number of benzene rings is 1. The van der Waals surface area contributed by atoms with Crippen molar-refractivity contribution in [3.8, 4) is 0 Å². The van der Waals surface area contributed by atoms with E-state index in [2.05, 4.69) is 16.6 Å². The molecular weight excluding hydrogens is 218 g/mol. The molecule has 0 saturated carbocycles. The predicted octanol–water partition coefficient (Wildman–Crippen LogP) is 1.66. The molecule has 17 heavy (non-hydrogen) atoms. The van der Waals surface area contributed by atoms with Crippen LogP contribution in [0.25, 0.3) is 0 Å². The van der Waals surface area contributed by atoms with E-state index in [9.17, 15) is 9.59 Å². The Labute approximate surface area is 99.6 Å². The number of hydrogen-bond donors (Lipinski definition) is 1. The molecule has 1 aromatic rings. The molecule has 4 heteroatoms. The predicted molar refractivity (Wildman–Crippen MR) is 64.2 cm³/mol. The van der Waals surface area contributed by atoms with Crippen LogP contribution in [0, 0.1) is 0 Å². The van der Waals surface area contributed by atoms with E-state index >= 15 is 0 Å². The minimum Gasteiger partial charge on any atom is -0.464 e. The zero-order valence-corrected chi connectivity index (χ0v) is 9.47. The largest absolute Gasteiger partial charge is 0.464 e. The Morgan fingerprint density at radius 1 is 1.29 bits per heavy atom. The molecule has 0 spiro atoms. The van der Waals surface area contributed by atoms with Crippen molar-refractivity contribution >= 4 is 11.9 Å². The van der Waals surface area contributed by atoms with E-state index in [1.54, 1.807) is 30.3 Å². The topological polar surface area (TPSA) is 55.4 Å². The Morgan fingerprint density at radius 3 is 2.47 bits per heavy atom. The Morgan fingerprint density at radius 2 is 1.94 bits per heavy atom. The maximum absolute atomic E-state index is 11.8. The van der Waals surface area contributed by atoms with Crippen molar-refractivity contribution in [1.29, 1.82) is 0 Å². The maximum atomic E-state index is 11.8. The number of nitrogens with one attached hydrogen (secondary N) is 1. The lowest BCUT2D eigenvalue weighted by Crippen LogP contribution is -2.28. The molecule has 0 bridgehead atoms. The van der Waals surface area contributed by atoms with Gasteiger partial charge in [-0.2, -0.15) is 0 Å². The van der Waals surface area contributed by atoms with Gasteiger partial charge in [-0.1, -0.05) is 30.9 Å². The summed E-state index contributed by atoms with van der Waals surface area (Å²) in [6.07, 6.45) is 2.78. The molecule has 4 nitrogen and oxygen atoms in total. The SMILES string of the molecule is C=CC=C(NC(=O)c1ccccc1)C(=O)OC. The normalized spacial score (nSPS) is 10.5. The van der Waals surface area contributed by atoms with E-state index < -0.39 is 5.97 Å². The van der Waals surface area contributed by atoms with Gasteiger partial charge in [0.15, 0.2) is 0 Å². The van der Waals surface area contributed by atoms with E-state index in [1.807, 2.05) is 0 Å². The molecule has 0 aliphatic heterocycles. The number of carbonyl (C=O) groups excluding carboxylic acids is 2. The van der Waals surface area contributed by atoms with E-state index in [0.717, 1.165) is 0 Å². The van der Waals surface area contributed by atoms with E-state index in [0.29, 0.717) is 5.56 Å². The fourth-order valence-electron chi connectivity index (χ4n) is 1.17. The monoisotopic (exact) mass is 231 g/mol. The van der Waals surface area contributed by atoms with Crippen LogP contribution in [0.2, 0.25) is 0 Å². The second-order valence-electron chi connectivity index (χ2n) is 3.13. The fourth-order valence-corrected chi connectivity index (χ4v) is 1.17. The van der Waals surface area contributed by atoms with Crippen molar-refractivity contribution in [2.45, 2.75) is 0 Å². The third-order valence-corrected chi connectivity index (χ3v) is 1.97. The van der Waals surface area contributed by atoms with Crippen molar-refractivity contribution in [3.63, 3.8) is 0 Å². The van der Waals surface area contributed by atoms with Crippen LogP contribution in [0.15, 0.2) is 54.8 Å². The van der Waals surface area contributed by atoms with E-state index in [4.69, 9.17) is 0 Å². The Bertz CT molecular complexity index is 449. The summed E-state index contributed by atoms with van der Waals surface area (Å²) in [5.41, 5.74) is 0.516. The van der Waals surface area contributed by atoms with Crippen molar-refractivity contribution in [3.05, 3.63) is 60.3 Å². The van der Waals surface area contributed by atoms with Crippen molar-refractivity contribution in [2.75, 3.05) is 7.11 Å². The van der Waals surface area contributed by atoms with Gasteiger partial charge in [-0.05, 0) is 18.2 Å². The highest BCUT2D eigenvalue weighted by atomic mass is 16.5. The first-order chi connectivity index (χ1) is 8.19. The summed E-state index contributed by atoms with van der Waals surface area (Å²) in [6, 6.07) is 8.59. The van der Waals surface area contributed by atoms with Gasteiger partial charge in [0.05, 0.1) is 7.11 Å². The van der Waals surface area contributed by atoms with Gasteiger partial charge in [0.1, 0.15) is 5.70 Å². The second kappa shape index (κ2) is 6.27. The highest BCUT2D eigenvalue weighted by molar-refractivity contribution is 6.01. The molecule has 1 rings (SSSR count). The number of rotatable bonds is 4. The number of ether oxygens (including phenoxy) is 1. The summed E-state index contributed by atoms with van der Waals surface area (Å²) in [7, 11) is 1.24. The minimum absolute atomic E-state index is 0.0522. The Balaban J connectivity index is 2.82. The first-order valence-corrected chi connectivity index (χ1v) is 4.96. The van der Waals surface area contributed by atoms with Crippen LogP contribution < -0.4 is 5.32 Å². The zero-order chi connectivity index (χ0) is 12.7. The smallest absolute Gasteiger partial charge is 0.354 e. The fraction of sp³-hybridized carbons (Fsp3) is 0.0769. The number of carbonyl (C=O) groups is 2. The summed E-state index contributed by atoms with van der Waals surface area (Å²) in [5, 5.41) is 2.46. The van der Waals surface area contributed by atoms with Crippen LogP contribution in [0.5, 0.6) is 0 Å². The lowest BCUT2D eigenvalue weighted by atomic mass is 10.2. The first kappa shape index (κ1) is 12.7. The molecule has 0 aromatic heterocycles. The molecule has 1 aromatic carbocycles. The van der Waals surface area contributed by atoms with Crippen LogP contribution in [0.4, 0.5) is 0 Å². The number of hydrogen-bond acceptors (Lipinski definition) is 3. The van der Waals surface area contributed by atoms with Gasteiger partial charge >= 0.3 is 5.97 Å². The molecule has 1 amide bonds. The minimum atomic E-state index is -0.616. The average molecular weight is 231 g/mol. The second-order valence-corrected chi connectivity index (χ2v) is 3.13. The van der Waals surface area contributed by atoms with Crippen molar-refractivity contribution < 1.29 is 14.3 Å². The quantitative estimate of drug-likeness (QED) is 0.487. The summed E-state index contributed by atoms with van der Waals surface area (Å²) in [6.45, 7) is 3.46. The molecule has 1 N–H and O–H groups in total.